The van der Waals surface area contributed by atoms with E-state index in [2.05, 4.69) is 6.58 Å². The van der Waals surface area contributed by atoms with Crippen LogP contribution in [0, 0.1) is 0 Å². The standard InChI is InChI=1S/C21H16N2O4.C20H16N2O4/c1-3-12-14-6-11(24)4-5-17(14)22-19-15(12)8-23-18(19)7-13-10(2)21(26)27-9-16(13)20(23)25;1-2-20(25)14-8-16-17-12(7-11-5-3-4-6-15(11)21-17)9-22(16)18(23)13(14)10-26-19(20)24/h4-7,24H,2-3,8-9H2,1H3;3-8,25H,2,9-10H2,1H3. The minimum atomic E-state index is -1.79. The van der Waals surface area contributed by atoms with Gasteiger partial charge in [0.2, 0.25) is 0 Å². The van der Waals surface area contributed by atoms with E-state index in [4.69, 9.17) is 19.4 Å². The largest absolute Gasteiger partial charge is 0.508 e. The number of ether oxygens (including phenoxy) is 2. The molecule has 4 aliphatic rings. The van der Waals surface area contributed by atoms with Crippen LogP contribution in [0.4, 0.5) is 0 Å². The highest BCUT2D eigenvalue weighted by Gasteiger charge is 2.45. The molecule has 6 aromatic rings. The van der Waals surface area contributed by atoms with E-state index in [1.54, 1.807) is 40.3 Å². The van der Waals surface area contributed by atoms with Crippen LogP contribution in [0.1, 0.15) is 59.2 Å². The fourth-order valence-corrected chi connectivity index (χ4v) is 8.01. The Labute approximate surface area is 301 Å². The number of hydrogen-bond donors (Lipinski definition) is 2. The van der Waals surface area contributed by atoms with Crippen molar-refractivity contribution in [3.63, 3.8) is 0 Å². The molecule has 0 fully saturated rings. The minimum Gasteiger partial charge on any atom is -0.508 e. The fraction of sp³-hybridized carbons (Fsp3) is 0.220. The number of nitrogens with zero attached hydrogens (tertiary/aromatic N) is 4. The first-order chi connectivity index (χ1) is 25.5. The average Bonchev–Trinajstić information content (AvgIpc) is 3.71. The number of aliphatic hydroxyl groups is 1. The number of aromatic nitrogens is 4. The van der Waals surface area contributed by atoms with Gasteiger partial charge in [0.1, 0.15) is 19.0 Å². The Balaban J connectivity index is 0.000000141. The predicted molar refractivity (Wildman–Crippen MR) is 195 cm³/mol. The smallest absolute Gasteiger partial charge is 0.343 e. The van der Waals surface area contributed by atoms with Gasteiger partial charge in [-0.3, -0.25) is 9.59 Å². The molecule has 53 heavy (non-hydrogen) atoms. The molecule has 264 valence electrons. The number of esters is 2. The molecular weight excluding hydrogens is 676 g/mol. The van der Waals surface area contributed by atoms with Gasteiger partial charge in [-0.2, -0.15) is 0 Å². The van der Waals surface area contributed by atoms with Crippen LogP contribution < -0.4 is 11.1 Å². The van der Waals surface area contributed by atoms with Crippen LogP contribution in [0.25, 0.3) is 50.2 Å². The summed E-state index contributed by atoms with van der Waals surface area (Å²) >= 11 is 0. The highest BCUT2D eigenvalue weighted by atomic mass is 16.6. The van der Waals surface area contributed by atoms with Crippen LogP contribution >= 0.6 is 0 Å². The number of carbonyl (C=O) groups excluding carboxylic acids is 2. The van der Waals surface area contributed by atoms with E-state index < -0.39 is 17.5 Å². The number of phenolic OH excluding ortho intramolecular Hbond substituents is 1. The first-order valence-corrected chi connectivity index (χ1v) is 17.4. The predicted octanol–water partition coefficient (Wildman–Crippen LogP) is 4.84. The second-order valence-electron chi connectivity index (χ2n) is 13.6. The highest BCUT2D eigenvalue weighted by molar-refractivity contribution is 6.17. The SMILES string of the molecule is C=C1C(=O)OCc2c1cc1n(c2=O)Cc2c-1nc1ccc(O)cc1c2CC.CCC1(O)C(=O)OCc2c1cc1n(c2=O)Cc2cc3ccccc3nc2-1. The van der Waals surface area contributed by atoms with Crippen molar-refractivity contribution in [1.82, 2.24) is 19.1 Å². The summed E-state index contributed by atoms with van der Waals surface area (Å²) in [6, 6.07) is 18.5. The highest BCUT2D eigenvalue weighted by Crippen LogP contribution is 2.40. The van der Waals surface area contributed by atoms with Gasteiger partial charge in [0.15, 0.2) is 5.60 Å². The third-order valence-electron chi connectivity index (χ3n) is 10.8. The van der Waals surface area contributed by atoms with E-state index in [1.807, 2.05) is 43.3 Å². The summed E-state index contributed by atoms with van der Waals surface area (Å²) in [7, 11) is 0. The first-order valence-electron chi connectivity index (χ1n) is 17.4. The van der Waals surface area contributed by atoms with Gasteiger partial charge in [0.05, 0.1) is 63.6 Å². The number of pyridine rings is 4. The molecule has 0 spiro atoms. The van der Waals surface area contributed by atoms with Gasteiger partial charge in [-0.25, -0.2) is 19.6 Å². The molecule has 0 saturated heterocycles. The summed E-state index contributed by atoms with van der Waals surface area (Å²) in [6.07, 6.45) is 0.890. The second kappa shape index (κ2) is 11.6. The zero-order chi connectivity index (χ0) is 36.9. The summed E-state index contributed by atoms with van der Waals surface area (Å²) in [6.45, 7) is 8.22. The van der Waals surface area contributed by atoms with Gasteiger partial charge < -0.3 is 28.8 Å². The van der Waals surface area contributed by atoms with E-state index in [0.29, 0.717) is 46.7 Å². The molecule has 8 heterocycles. The zero-order valence-electron chi connectivity index (χ0n) is 28.9. The maximum absolute atomic E-state index is 13.0. The van der Waals surface area contributed by atoms with E-state index >= 15 is 0 Å². The molecule has 10 rings (SSSR count). The maximum Gasteiger partial charge on any atom is 0.343 e. The monoisotopic (exact) mass is 708 g/mol. The molecule has 4 aliphatic heterocycles. The van der Waals surface area contributed by atoms with Crippen LogP contribution in [-0.2, 0) is 57.4 Å². The topological polar surface area (TPSA) is 163 Å². The van der Waals surface area contributed by atoms with Crippen molar-refractivity contribution in [2.24, 2.45) is 0 Å². The molecule has 0 radical (unpaired) electrons. The van der Waals surface area contributed by atoms with Crippen molar-refractivity contribution in [2.75, 3.05) is 0 Å². The number of benzene rings is 2. The summed E-state index contributed by atoms with van der Waals surface area (Å²) in [5, 5.41) is 22.6. The van der Waals surface area contributed by atoms with Crippen LogP contribution in [0.15, 0.2) is 76.8 Å². The Hall–Kier alpha value is -6.40. The Kier molecular flexibility index (Phi) is 7.09. The Morgan fingerprint density at radius 1 is 0.811 bits per heavy atom. The van der Waals surface area contributed by atoms with Crippen LogP contribution in [-0.4, -0.2) is 41.3 Å². The number of aromatic hydroxyl groups is 1. The van der Waals surface area contributed by atoms with Crippen LogP contribution in [0.3, 0.4) is 0 Å². The van der Waals surface area contributed by atoms with Crippen molar-refractivity contribution >= 4 is 39.3 Å². The van der Waals surface area contributed by atoms with Crippen molar-refractivity contribution < 1.29 is 29.3 Å². The molecule has 2 N–H and O–H groups in total. The van der Waals surface area contributed by atoms with Crippen LogP contribution in [0.2, 0.25) is 0 Å². The summed E-state index contributed by atoms with van der Waals surface area (Å²) < 4.78 is 13.5. The molecule has 4 aromatic heterocycles. The number of rotatable bonds is 2. The molecule has 1 unspecified atom stereocenters. The van der Waals surface area contributed by atoms with Gasteiger partial charge >= 0.3 is 11.9 Å². The second-order valence-corrected chi connectivity index (χ2v) is 13.6. The van der Waals surface area contributed by atoms with Gasteiger partial charge in [0.25, 0.3) is 11.1 Å². The number of cyclic esters (lactones) is 2. The zero-order valence-corrected chi connectivity index (χ0v) is 28.9. The quantitative estimate of drug-likeness (QED) is 0.188. The molecule has 0 aliphatic carbocycles. The van der Waals surface area contributed by atoms with E-state index in [-0.39, 0.29) is 42.1 Å². The number of hydrogen-bond acceptors (Lipinski definition) is 10. The Morgan fingerprint density at radius 2 is 1.53 bits per heavy atom. The average molecular weight is 709 g/mol. The van der Waals surface area contributed by atoms with Crippen molar-refractivity contribution in [1.29, 1.82) is 0 Å². The molecule has 1 atom stereocenters. The molecule has 0 bridgehead atoms. The van der Waals surface area contributed by atoms with Crippen molar-refractivity contribution in [2.45, 2.75) is 58.6 Å². The lowest BCUT2D eigenvalue weighted by Gasteiger charge is -2.31. The van der Waals surface area contributed by atoms with Gasteiger partial charge in [0, 0.05) is 33.0 Å². The lowest BCUT2D eigenvalue weighted by atomic mass is 9.86. The van der Waals surface area contributed by atoms with Gasteiger partial charge in [-0.1, -0.05) is 38.6 Å². The third kappa shape index (κ3) is 4.65. The van der Waals surface area contributed by atoms with E-state index in [9.17, 15) is 29.4 Å². The molecule has 0 amide bonds. The third-order valence-corrected chi connectivity index (χ3v) is 10.8. The normalized spacial score (nSPS) is 17.5. The molecule has 12 nitrogen and oxygen atoms in total. The number of phenols is 1. The Morgan fingerprint density at radius 3 is 2.32 bits per heavy atom. The van der Waals surface area contributed by atoms with Gasteiger partial charge in [-0.15, -0.1) is 0 Å². The first kappa shape index (κ1) is 32.5. The molecular formula is C41H32N4O8. The molecule has 2 aromatic carbocycles. The van der Waals surface area contributed by atoms with Crippen LogP contribution in [0.5, 0.6) is 5.75 Å². The lowest BCUT2D eigenvalue weighted by Crippen LogP contribution is -2.44. The number of para-hydroxylation sites is 1. The van der Waals surface area contributed by atoms with Crippen molar-refractivity contribution in [3.8, 4) is 28.5 Å². The van der Waals surface area contributed by atoms with Gasteiger partial charge in [-0.05, 0) is 60.9 Å². The summed E-state index contributed by atoms with van der Waals surface area (Å²) in [5.74, 6) is -1.02. The summed E-state index contributed by atoms with van der Waals surface area (Å²) in [4.78, 5) is 59.5. The van der Waals surface area contributed by atoms with Crippen molar-refractivity contribution in [3.05, 3.63) is 127 Å². The summed E-state index contributed by atoms with van der Waals surface area (Å²) in [5.41, 5.74) is 7.08. The van der Waals surface area contributed by atoms with E-state index in [1.165, 1.54) is 0 Å². The number of fused-ring (bicyclic) bond motifs is 10. The lowest BCUT2D eigenvalue weighted by molar-refractivity contribution is -0.172. The molecule has 0 saturated carbocycles. The van der Waals surface area contributed by atoms with E-state index in [0.717, 1.165) is 56.3 Å². The number of carbonyl (C=O) groups is 2. The fourth-order valence-electron chi connectivity index (χ4n) is 8.01. The maximum atomic E-state index is 13.0. The Bertz CT molecular complexity index is 2800. The molecule has 12 heteroatoms. The number of aryl methyl sites for hydroxylation is 1. The minimum absolute atomic E-state index is 0.0352.